The lowest BCUT2D eigenvalue weighted by Gasteiger charge is -2.09. The van der Waals surface area contributed by atoms with Gasteiger partial charge in [-0.1, -0.05) is 37.3 Å². The first-order valence-corrected chi connectivity index (χ1v) is 6.12. The van der Waals surface area contributed by atoms with E-state index in [9.17, 15) is 4.79 Å². The Morgan fingerprint density at radius 3 is 2.68 bits per heavy atom. The van der Waals surface area contributed by atoms with Crippen molar-refractivity contribution in [2.24, 2.45) is 0 Å². The Bertz CT molecular complexity index is 570. The average Bonchev–Trinajstić information content (AvgIpc) is 2.45. The monoisotopic (exact) mass is 257 g/mol. The number of hydrogen-bond donors (Lipinski definition) is 2. The zero-order valence-corrected chi connectivity index (χ0v) is 10.6. The molecule has 0 aliphatic rings. The summed E-state index contributed by atoms with van der Waals surface area (Å²) in [6, 6.07) is 9.47. The molecular weight excluding hydrogens is 242 g/mol. The summed E-state index contributed by atoms with van der Waals surface area (Å²) in [6.45, 7) is 2.68. The van der Waals surface area contributed by atoms with Crippen LogP contribution in [0.4, 0.5) is 5.82 Å². The third kappa shape index (κ3) is 3.07. The summed E-state index contributed by atoms with van der Waals surface area (Å²) in [5.41, 5.74) is 0.951. The van der Waals surface area contributed by atoms with Crippen molar-refractivity contribution in [3.05, 3.63) is 42.1 Å². The topological polar surface area (TPSA) is 75.1 Å². The van der Waals surface area contributed by atoms with Gasteiger partial charge in [-0.25, -0.2) is 14.8 Å². The molecule has 19 heavy (non-hydrogen) atoms. The van der Waals surface area contributed by atoms with Crippen LogP contribution in [0.5, 0.6) is 0 Å². The molecule has 0 aliphatic carbocycles. The van der Waals surface area contributed by atoms with Crippen LogP contribution in [0, 0.1) is 0 Å². The van der Waals surface area contributed by atoms with E-state index in [1.165, 1.54) is 6.20 Å². The molecule has 5 nitrogen and oxygen atoms in total. The largest absolute Gasteiger partial charge is 0.477 e. The molecule has 0 aliphatic heterocycles. The summed E-state index contributed by atoms with van der Waals surface area (Å²) in [5.74, 6) is -0.148. The smallest absolute Gasteiger partial charge is 0.341 e. The molecule has 0 fully saturated rings. The summed E-state index contributed by atoms with van der Waals surface area (Å²) < 4.78 is 0. The molecule has 5 heteroatoms. The number of benzene rings is 1. The number of rotatable bonds is 5. The van der Waals surface area contributed by atoms with Crippen LogP contribution in [0.15, 0.2) is 36.5 Å². The van der Waals surface area contributed by atoms with Gasteiger partial charge in [0.1, 0.15) is 11.4 Å². The summed E-state index contributed by atoms with van der Waals surface area (Å²) in [6.07, 6.45) is 2.24. The Balaban J connectivity index is 2.40. The molecule has 0 saturated heterocycles. The van der Waals surface area contributed by atoms with Crippen molar-refractivity contribution in [1.29, 1.82) is 0 Å². The van der Waals surface area contributed by atoms with Crippen molar-refractivity contribution in [2.45, 2.75) is 13.3 Å². The Morgan fingerprint density at radius 1 is 1.32 bits per heavy atom. The van der Waals surface area contributed by atoms with E-state index in [1.54, 1.807) is 0 Å². The van der Waals surface area contributed by atoms with E-state index in [1.807, 2.05) is 37.3 Å². The number of carboxylic acids is 1. The maximum Gasteiger partial charge on any atom is 0.341 e. The van der Waals surface area contributed by atoms with Crippen molar-refractivity contribution in [2.75, 3.05) is 11.9 Å². The Labute approximate surface area is 111 Å². The third-order valence-corrected chi connectivity index (χ3v) is 2.59. The van der Waals surface area contributed by atoms with Gasteiger partial charge in [-0.05, 0) is 6.42 Å². The van der Waals surface area contributed by atoms with Crippen molar-refractivity contribution in [3.8, 4) is 11.4 Å². The van der Waals surface area contributed by atoms with Crippen LogP contribution in [0.3, 0.4) is 0 Å². The van der Waals surface area contributed by atoms with E-state index in [-0.39, 0.29) is 5.56 Å². The number of nitrogens with zero attached hydrogens (tertiary/aromatic N) is 2. The lowest BCUT2D eigenvalue weighted by atomic mass is 10.2. The van der Waals surface area contributed by atoms with Gasteiger partial charge < -0.3 is 10.4 Å². The van der Waals surface area contributed by atoms with Gasteiger partial charge in [-0.3, -0.25) is 0 Å². The normalized spacial score (nSPS) is 10.2. The average molecular weight is 257 g/mol. The van der Waals surface area contributed by atoms with Gasteiger partial charge in [0, 0.05) is 18.3 Å². The van der Waals surface area contributed by atoms with Crippen LogP contribution in [0.25, 0.3) is 11.4 Å². The second-order valence-corrected chi connectivity index (χ2v) is 4.05. The highest BCUT2D eigenvalue weighted by molar-refractivity contribution is 5.93. The molecule has 98 valence electrons. The van der Waals surface area contributed by atoms with Gasteiger partial charge in [-0.2, -0.15) is 0 Å². The fraction of sp³-hybridized carbons (Fsp3) is 0.214. The van der Waals surface area contributed by atoms with Crippen LogP contribution in [0.1, 0.15) is 23.7 Å². The summed E-state index contributed by atoms with van der Waals surface area (Å²) in [4.78, 5) is 19.5. The Kier molecular flexibility index (Phi) is 4.07. The van der Waals surface area contributed by atoms with E-state index in [0.29, 0.717) is 18.2 Å². The van der Waals surface area contributed by atoms with Gasteiger partial charge >= 0.3 is 5.97 Å². The third-order valence-electron chi connectivity index (χ3n) is 2.59. The van der Waals surface area contributed by atoms with Crippen molar-refractivity contribution in [1.82, 2.24) is 9.97 Å². The van der Waals surface area contributed by atoms with Crippen LogP contribution in [-0.2, 0) is 0 Å². The molecule has 0 unspecified atom stereocenters. The summed E-state index contributed by atoms with van der Waals surface area (Å²) in [7, 11) is 0. The minimum absolute atomic E-state index is 0.0909. The molecule has 0 amide bonds. The highest BCUT2D eigenvalue weighted by Gasteiger charge is 2.13. The first kappa shape index (κ1) is 13.0. The van der Waals surface area contributed by atoms with Crippen molar-refractivity contribution in [3.63, 3.8) is 0 Å². The SMILES string of the molecule is CCCNc1nc(-c2ccccc2)ncc1C(=O)O. The second-order valence-electron chi connectivity index (χ2n) is 4.05. The summed E-state index contributed by atoms with van der Waals surface area (Å²) >= 11 is 0. The van der Waals surface area contributed by atoms with E-state index in [0.717, 1.165) is 12.0 Å². The minimum Gasteiger partial charge on any atom is -0.477 e. The molecule has 1 heterocycles. The minimum atomic E-state index is -1.03. The van der Waals surface area contributed by atoms with E-state index in [4.69, 9.17) is 5.11 Å². The molecule has 0 saturated carbocycles. The molecule has 0 bridgehead atoms. The highest BCUT2D eigenvalue weighted by atomic mass is 16.4. The zero-order chi connectivity index (χ0) is 13.7. The van der Waals surface area contributed by atoms with E-state index < -0.39 is 5.97 Å². The summed E-state index contributed by atoms with van der Waals surface area (Å²) in [5, 5.41) is 12.1. The standard InChI is InChI=1S/C14H15N3O2/c1-2-8-15-13-11(14(18)19)9-16-12(17-13)10-6-4-3-5-7-10/h3-7,9H,2,8H2,1H3,(H,18,19)(H,15,16,17). The molecule has 1 aromatic heterocycles. The number of nitrogens with one attached hydrogen (secondary N) is 1. The number of carbonyl (C=O) groups is 1. The zero-order valence-electron chi connectivity index (χ0n) is 10.6. The number of aromatic carboxylic acids is 1. The fourth-order valence-corrected chi connectivity index (χ4v) is 1.64. The van der Waals surface area contributed by atoms with Crippen LogP contribution < -0.4 is 5.32 Å². The Hall–Kier alpha value is -2.43. The predicted molar refractivity (Wildman–Crippen MR) is 73.2 cm³/mol. The molecular formula is C14H15N3O2. The van der Waals surface area contributed by atoms with Gasteiger partial charge in [0.2, 0.25) is 0 Å². The first-order valence-electron chi connectivity index (χ1n) is 6.12. The highest BCUT2D eigenvalue weighted by Crippen LogP contribution is 2.19. The molecule has 1 aromatic carbocycles. The van der Waals surface area contributed by atoms with E-state index >= 15 is 0 Å². The molecule has 2 rings (SSSR count). The molecule has 0 radical (unpaired) electrons. The van der Waals surface area contributed by atoms with Gasteiger partial charge in [0.25, 0.3) is 0 Å². The quantitative estimate of drug-likeness (QED) is 0.861. The molecule has 0 atom stereocenters. The number of carboxylic acid groups (broad SMARTS) is 1. The van der Waals surface area contributed by atoms with Gasteiger partial charge in [0.05, 0.1) is 0 Å². The van der Waals surface area contributed by atoms with Crippen LogP contribution in [-0.4, -0.2) is 27.6 Å². The lowest BCUT2D eigenvalue weighted by molar-refractivity contribution is 0.0697. The number of hydrogen-bond acceptors (Lipinski definition) is 4. The van der Waals surface area contributed by atoms with Crippen LogP contribution >= 0.6 is 0 Å². The van der Waals surface area contributed by atoms with Gasteiger partial charge in [-0.15, -0.1) is 0 Å². The number of anilines is 1. The fourth-order valence-electron chi connectivity index (χ4n) is 1.64. The lowest BCUT2D eigenvalue weighted by Crippen LogP contribution is -2.10. The van der Waals surface area contributed by atoms with Crippen LogP contribution in [0.2, 0.25) is 0 Å². The van der Waals surface area contributed by atoms with Crippen molar-refractivity contribution >= 4 is 11.8 Å². The maximum absolute atomic E-state index is 11.1. The van der Waals surface area contributed by atoms with Gasteiger partial charge in [0.15, 0.2) is 5.82 Å². The van der Waals surface area contributed by atoms with Crippen molar-refractivity contribution < 1.29 is 9.90 Å². The van der Waals surface area contributed by atoms with E-state index in [2.05, 4.69) is 15.3 Å². The molecule has 2 N–H and O–H groups in total. The predicted octanol–water partition coefficient (Wildman–Crippen LogP) is 2.66. The maximum atomic E-state index is 11.1. The number of aromatic nitrogens is 2. The Morgan fingerprint density at radius 2 is 2.05 bits per heavy atom. The molecule has 2 aromatic rings. The second kappa shape index (κ2) is 5.95. The molecule has 0 spiro atoms. The first-order chi connectivity index (χ1) is 9.22.